The molecule has 0 bridgehead atoms. The number of fused-ring (bicyclic) bond motifs is 1. The molecule has 0 fully saturated rings. The van der Waals surface area contributed by atoms with Gasteiger partial charge in [0.15, 0.2) is 11.5 Å². The van der Waals surface area contributed by atoms with Crippen LogP contribution in [0.15, 0.2) is 12.7 Å². The van der Waals surface area contributed by atoms with E-state index in [1.54, 1.807) is 29.6 Å². The zero-order chi connectivity index (χ0) is 32.5. The zero-order valence-corrected chi connectivity index (χ0v) is 29.4. The smallest absolute Gasteiger partial charge is 0.382 e. The molecular weight excluding hydrogens is 630 g/mol. The van der Waals surface area contributed by atoms with Gasteiger partial charge in [0.25, 0.3) is 0 Å². The second-order valence-electron chi connectivity index (χ2n) is 12.4. The molecule has 3 N–H and O–H groups in total. The molecule has 2 atom stereocenters. The van der Waals surface area contributed by atoms with Crippen LogP contribution in [0.1, 0.15) is 84.0 Å². The maximum atomic E-state index is 12.5. The SMILES string of the molecule is C[C@H](Cn1cnc2c(N)ncnc21)OCP(=O)(O)OCCSCCCCCCCCCCCCC[Si](C)(C)CCC(F)(F)F. The van der Waals surface area contributed by atoms with Crippen molar-refractivity contribution in [2.45, 2.75) is 128 Å². The number of hydrogen-bond acceptors (Lipinski definition) is 8. The lowest BCUT2D eigenvalue weighted by atomic mass is 10.1. The van der Waals surface area contributed by atoms with Gasteiger partial charge in [0, 0.05) is 20.2 Å². The number of halogens is 3. The fourth-order valence-electron chi connectivity index (χ4n) is 4.97. The predicted molar refractivity (Wildman–Crippen MR) is 177 cm³/mol. The Hall–Kier alpha value is -1.18. The number of anilines is 1. The van der Waals surface area contributed by atoms with E-state index in [0.29, 0.717) is 35.3 Å². The van der Waals surface area contributed by atoms with E-state index < -0.39 is 28.3 Å². The van der Waals surface area contributed by atoms with Crippen LogP contribution >= 0.6 is 19.4 Å². The van der Waals surface area contributed by atoms with Gasteiger partial charge in [-0.15, -0.1) is 0 Å². The molecule has 2 rings (SSSR count). The first-order chi connectivity index (χ1) is 20.8. The number of nitrogens with two attached hydrogens (primary N) is 1. The molecule has 0 aliphatic rings. The Bertz CT molecular complexity index is 1130. The Kier molecular flexibility index (Phi) is 17.8. The number of hydrogen-bond donors (Lipinski definition) is 2. The summed E-state index contributed by atoms with van der Waals surface area (Å²) in [6.45, 7) is 6.57. The number of ether oxygens (including phenoxy) is 1. The number of imidazole rings is 1. The summed E-state index contributed by atoms with van der Waals surface area (Å²) in [6, 6.07) is 1.36. The molecule has 44 heavy (non-hydrogen) atoms. The Labute approximate surface area is 266 Å². The molecule has 0 spiro atoms. The minimum absolute atomic E-state index is 0.205. The van der Waals surface area contributed by atoms with Crippen molar-refractivity contribution in [2.75, 3.05) is 30.2 Å². The summed E-state index contributed by atoms with van der Waals surface area (Å²) in [5, 5.41) is 0. The topological polar surface area (TPSA) is 125 Å². The molecule has 2 heterocycles. The molecule has 2 aromatic rings. The second-order valence-corrected chi connectivity index (χ2v) is 20.8. The molecule has 0 aromatic carbocycles. The number of nitrogen functional groups attached to an aromatic ring is 1. The Morgan fingerprint density at radius 3 is 2.23 bits per heavy atom. The van der Waals surface area contributed by atoms with Gasteiger partial charge in [-0.05, 0) is 25.1 Å². The van der Waals surface area contributed by atoms with Crippen molar-refractivity contribution in [3.63, 3.8) is 0 Å². The monoisotopic (exact) mass is 683 g/mol. The van der Waals surface area contributed by atoms with Crippen LogP contribution in [0, 0.1) is 0 Å². The molecule has 254 valence electrons. The highest BCUT2D eigenvalue weighted by Gasteiger charge is 2.31. The first kappa shape index (κ1) is 39.0. The minimum Gasteiger partial charge on any atom is -0.382 e. The summed E-state index contributed by atoms with van der Waals surface area (Å²) < 4.78 is 62.2. The molecular formula is C29H53F3N5O4PSSi. The summed E-state index contributed by atoms with van der Waals surface area (Å²) >= 11 is 1.73. The molecule has 0 saturated carbocycles. The quantitative estimate of drug-likeness (QED) is 0.0601. The molecule has 15 heteroatoms. The molecule has 9 nitrogen and oxygen atoms in total. The van der Waals surface area contributed by atoms with E-state index in [1.807, 2.05) is 0 Å². The van der Waals surface area contributed by atoms with Gasteiger partial charge in [-0.2, -0.15) is 24.9 Å². The van der Waals surface area contributed by atoms with Crippen molar-refractivity contribution in [3.05, 3.63) is 12.7 Å². The van der Waals surface area contributed by atoms with Crippen molar-refractivity contribution >= 4 is 44.4 Å². The van der Waals surface area contributed by atoms with Gasteiger partial charge < -0.3 is 24.5 Å². The Morgan fingerprint density at radius 1 is 0.977 bits per heavy atom. The molecule has 0 aliphatic carbocycles. The molecule has 0 saturated heterocycles. The average molecular weight is 684 g/mol. The highest BCUT2D eigenvalue weighted by molar-refractivity contribution is 7.99. The van der Waals surface area contributed by atoms with Crippen LogP contribution in [0.5, 0.6) is 0 Å². The number of unbranched alkanes of at least 4 members (excludes halogenated alkanes) is 10. The standard InChI is InChI=1S/C29H53F3N5O4PSSi/c1-25(21-37-23-36-26-27(33)34-22-35-28(26)37)40-24-42(38,39)41-16-18-43-17-13-11-9-7-5-4-6-8-10-12-14-19-44(2,3)20-15-29(30,31)32/h22-23,25H,4-21,24H2,1-3H3,(H,38,39)(H2,33,34,35)/t25-/m1/s1. The number of alkyl halides is 3. The predicted octanol–water partition coefficient (Wildman–Crippen LogP) is 8.66. The van der Waals surface area contributed by atoms with Crippen LogP contribution in [-0.4, -0.2) is 69.2 Å². The van der Waals surface area contributed by atoms with Gasteiger partial charge in [0.2, 0.25) is 0 Å². The normalized spacial score (nSPS) is 14.7. The lowest BCUT2D eigenvalue weighted by Crippen LogP contribution is -2.27. The first-order valence-corrected chi connectivity index (χ1v) is 22.2. The lowest BCUT2D eigenvalue weighted by Gasteiger charge is -2.23. The summed E-state index contributed by atoms with van der Waals surface area (Å²) in [7, 11) is -5.55. The number of nitrogens with zero attached hydrogens (tertiary/aromatic N) is 4. The van der Waals surface area contributed by atoms with E-state index in [9.17, 15) is 22.6 Å². The van der Waals surface area contributed by atoms with Crippen LogP contribution in [0.4, 0.5) is 19.0 Å². The van der Waals surface area contributed by atoms with Gasteiger partial charge in [-0.25, -0.2) is 15.0 Å². The molecule has 0 amide bonds. The third kappa shape index (κ3) is 17.5. The molecule has 0 aliphatic heterocycles. The van der Waals surface area contributed by atoms with Crippen molar-refractivity contribution in [1.29, 1.82) is 0 Å². The highest BCUT2D eigenvalue weighted by atomic mass is 32.2. The molecule has 0 radical (unpaired) electrons. The summed E-state index contributed by atoms with van der Waals surface area (Å²) in [4.78, 5) is 22.4. The van der Waals surface area contributed by atoms with Gasteiger partial charge in [-0.1, -0.05) is 83.3 Å². The second kappa shape index (κ2) is 20.1. The maximum Gasteiger partial charge on any atom is 0.388 e. The summed E-state index contributed by atoms with van der Waals surface area (Å²) in [6.07, 6.45) is 10.8. The maximum absolute atomic E-state index is 12.5. The largest absolute Gasteiger partial charge is 0.388 e. The van der Waals surface area contributed by atoms with E-state index in [1.165, 1.54) is 57.7 Å². The zero-order valence-electron chi connectivity index (χ0n) is 26.7. The fourth-order valence-corrected chi connectivity index (χ4v) is 9.21. The van der Waals surface area contributed by atoms with Gasteiger partial charge in [0.1, 0.15) is 18.2 Å². The number of rotatable bonds is 25. The average Bonchev–Trinajstić information content (AvgIpc) is 3.36. The van der Waals surface area contributed by atoms with Crippen LogP contribution in [-0.2, 0) is 20.4 Å². The van der Waals surface area contributed by atoms with Gasteiger partial charge in [-0.3, -0.25) is 4.57 Å². The van der Waals surface area contributed by atoms with Gasteiger partial charge >= 0.3 is 13.8 Å². The van der Waals surface area contributed by atoms with E-state index in [-0.39, 0.29) is 19.1 Å². The lowest BCUT2D eigenvalue weighted by molar-refractivity contribution is -0.130. The van der Waals surface area contributed by atoms with E-state index >= 15 is 0 Å². The van der Waals surface area contributed by atoms with Crippen LogP contribution in [0.3, 0.4) is 0 Å². The fraction of sp³-hybridized carbons (Fsp3) is 0.828. The Balaban J connectivity index is 1.37. The summed E-state index contributed by atoms with van der Waals surface area (Å²) in [5.41, 5.74) is 6.90. The Morgan fingerprint density at radius 2 is 1.59 bits per heavy atom. The van der Waals surface area contributed by atoms with Crippen LogP contribution in [0.25, 0.3) is 11.2 Å². The van der Waals surface area contributed by atoms with E-state index in [2.05, 4.69) is 28.0 Å². The number of aromatic nitrogens is 4. The highest BCUT2D eigenvalue weighted by Crippen LogP contribution is 2.42. The van der Waals surface area contributed by atoms with Crippen molar-refractivity contribution < 1.29 is 31.9 Å². The summed E-state index contributed by atoms with van der Waals surface area (Å²) in [5.74, 6) is 1.97. The van der Waals surface area contributed by atoms with E-state index in [0.717, 1.165) is 31.1 Å². The first-order valence-electron chi connectivity index (χ1n) is 15.9. The van der Waals surface area contributed by atoms with Crippen molar-refractivity contribution in [3.8, 4) is 0 Å². The minimum atomic E-state index is -4.02. The third-order valence-electron chi connectivity index (χ3n) is 7.65. The molecule has 2 aromatic heterocycles. The number of thioether (sulfide) groups is 1. The van der Waals surface area contributed by atoms with E-state index in [4.69, 9.17) is 15.0 Å². The van der Waals surface area contributed by atoms with Gasteiger partial charge in [0.05, 0.1) is 25.6 Å². The third-order valence-corrected chi connectivity index (χ3v) is 13.1. The van der Waals surface area contributed by atoms with Crippen molar-refractivity contribution in [1.82, 2.24) is 19.5 Å². The van der Waals surface area contributed by atoms with Crippen molar-refractivity contribution in [2.24, 2.45) is 0 Å². The molecule has 1 unspecified atom stereocenters. The van der Waals surface area contributed by atoms with Crippen LogP contribution < -0.4 is 5.73 Å². The van der Waals surface area contributed by atoms with Crippen LogP contribution in [0.2, 0.25) is 25.2 Å².